The molecule has 0 amide bonds. The molecular formula is C38H24N2O. The predicted octanol–water partition coefficient (Wildman–Crippen LogP) is 10.1. The molecule has 3 heteroatoms. The Morgan fingerprint density at radius 2 is 1.12 bits per heavy atom. The quantitative estimate of drug-likeness (QED) is 0.225. The van der Waals surface area contributed by atoms with Gasteiger partial charge in [0.15, 0.2) is 5.82 Å². The van der Waals surface area contributed by atoms with Gasteiger partial charge in [-0.05, 0) is 52.4 Å². The van der Waals surface area contributed by atoms with E-state index in [4.69, 9.17) is 28.4 Å². The number of aromatic nitrogens is 2. The number of ether oxygens (including phenoxy) is 1. The molecule has 1 aliphatic heterocycles. The molecule has 0 saturated carbocycles. The van der Waals surface area contributed by atoms with E-state index in [1.54, 1.807) is 30.3 Å². The van der Waals surface area contributed by atoms with Gasteiger partial charge in [0.25, 0.3) is 0 Å². The van der Waals surface area contributed by atoms with E-state index in [9.17, 15) is 0 Å². The van der Waals surface area contributed by atoms with Gasteiger partial charge in [0.2, 0.25) is 0 Å². The lowest BCUT2D eigenvalue weighted by Gasteiger charge is -2.22. The Bertz CT molecular complexity index is 2560. The first-order valence-electron chi connectivity index (χ1n) is 17.9. The molecule has 192 valence electrons. The topological polar surface area (TPSA) is 35.0 Å². The molecule has 0 radical (unpaired) electrons. The van der Waals surface area contributed by atoms with Crippen molar-refractivity contribution in [2.45, 2.75) is 0 Å². The summed E-state index contributed by atoms with van der Waals surface area (Å²) < 4.78 is 89.1. The van der Waals surface area contributed by atoms with Gasteiger partial charge in [-0.1, -0.05) is 115 Å². The van der Waals surface area contributed by atoms with Crippen LogP contribution in [0.15, 0.2) is 145 Å². The van der Waals surface area contributed by atoms with Crippen molar-refractivity contribution in [1.82, 2.24) is 9.97 Å². The molecule has 1 aromatic heterocycles. The lowest BCUT2D eigenvalue weighted by Crippen LogP contribution is -1.99. The summed E-state index contributed by atoms with van der Waals surface area (Å²) in [6.45, 7) is 0. The summed E-state index contributed by atoms with van der Waals surface area (Å²) in [4.78, 5) is 9.46. The monoisotopic (exact) mass is 534 g/mol. The van der Waals surface area contributed by atoms with E-state index in [0.717, 1.165) is 27.6 Å². The van der Waals surface area contributed by atoms with E-state index in [1.165, 1.54) is 0 Å². The second kappa shape index (κ2) is 9.58. The maximum Gasteiger partial charge on any atom is 0.160 e. The molecule has 41 heavy (non-hydrogen) atoms. The van der Waals surface area contributed by atoms with Crippen LogP contribution in [0.25, 0.3) is 66.9 Å². The van der Waals surface area contributed by atoms with Crippen molar-refractivity contribution < 1.29 is 18.4 Å². The molecule has 0 aliphatic carbocycles. The van der Waals surface area contributed by atoms with Gasteiger partial charge < -0.3 is 4.74 Å². The molecule has 1 aliphatic rings. The standard InChI is InChI=1S/C38H24N2O/c1-3-9-25(10-4-1)26-17-19-27(20-18-26)33-24-34(40-38(39-33)29-11-5-2-6-12-29)30-21-22-35-32(23-30)31-15-7-13-28-14-8-16-36(41-35)37(28)31/h1-24H/i1D,2D,3D,4D,5D,6D,9D,10D,11D,12D. The SMILES string of the molecule is [2H]c1c([2H])c([2H])c(-c2ccc(-c3cc(-c4ccc5c(c4)-c4cccc6cccc(c46)O5)nc(-c4c([2H])c([2H])c([2H])c([2H])c4[2H])n3)cc2)c([2H])c1[2H]. The van der Waals surface area contributed by atoms with Crippen molar-refractivity contribution in [3.63, 3.8) is 0 Å². The van der Waals surface area contributed by atoms with Crippen molar-refractivity contribution in [2.75, 3.05) is 0 Å². The largest absolute Gasteiger partial charge is 0.456 e. The van der Waals surface area contributed by atoms with Gasteiger partial charge in [-0.3, -0.25) is 0 Å². The summed E-state index contributed by atoms with van der Waals surface area (Å²) in [6.07, 6.45) is 0. The fourth-order valence-electron chi connectivity index (χ4n) is 5.14. The summed E-state index contributed by atoms with van der Waals surface area (Å²) >= 11 is 0. The average molecular weight is 535 g/mol. The second-order valence-corrected chi connectivity index (χ2v) is 9.51. The van der Waals surface area contributed by atoms with E-state index in [0.29, 0.717) is 33.8 Å². The van der Waals surface area contributed by atoms with E-state index in [2.05, 4.69) is 0 Å². The van der Waals surface area contributed by atoms with Crippen LogP contribution in [0.2, 0.25) is 0 Å². The van der Waals surface area contributed by atoms with E-state index in [-0.39, 0.29) is 29.0 Å². The van der Waals surface area contributed by atoms with Crippen LogP contribution < -0.4 is 4.74 Å². The molecule has 0 fully saturated rings. The smallest absolute Gasteiger partial charge is 0.160 e. The van der Waals surface area contributed by atoms with Gasteiger partial charge in [0.05, 0.1) is 25.1 Å². The van der Waals surface area contributed by atoms with Crippen LogP contribution in [-0.2, 0) is 0 Å². The lowest BCUT2D eigenvalue weighted by molar-refractivity contribution is 0.487. The molecule has 3 nitrogen and oxygen atoms in total. The molecule has 6 aromatic carbocycles. The summed E-state index contributed by atoms with van der Waals surface area (Å²) in [6, 6.07) is 21.5. The molecule has 7 aromatic rings. The van der Waals surface area contributed by atoms with Gasteiger partial charge in [-0.25, -0.2) is 9.97 Å². The van der Waals surface area contributed by atoms with Crippen molar-refractivity contribution in [2.24, 2.45) is 0 Å². The molecule has 8 rings (SSSR count). The normalized spacial score (nSPS) is 15.0. The number of hydrogen-bond donors (Lipinski definition) is 0. The van der Waals surface area contributed by atoms with Crippen LogP contribution >= 0.6 is 0 Å². The van der Waals surface area contributed by atoms with Crippen LogP contribution in [-0.4, -0.2) is 9.97 Å². The Kier molecular flexibility index (Phi) is 3.58. The fourth-order valence-corrected chi connectivity index (χ4v) is 5.14. The Balaban J connectivity index is 1.32. The molecule has 2 heterocycles. The summed E-state index contributed by atoms with van der Waals surface area (Å²) in [5.74, 6) is 1.34. The van der Waals surface area contributed by atoms with Crippen LogP contribution in [0.5, 0.6) is 11.5 Å². The minimum absolute atomic E-state index is 0.0589. The highest BCUT2D eigenvalue weighted by Crippen LogP contribution is 2.47. The lowest BCUT2D eigenvalue weighted by atomic mass is 9.93. The third kappa shape index (κ3) is 4.16. The van der Waals surface area contributed by atoms with Crippen LogP contribution in [0.4, 0.5) is 0 Å². The molecule has 0 atom stereocenters. The van der Waals surface area contributed by atoms with Gasteiger partial charge in [0, 0.05) is 27.6 Å². The first kappa shape index (κ1) is 15.3. The highest BCUT2D eigenvalue weighted by atomic mass is 16.5. The second-order valence-electron chi connectivity index (χ2n) is 9.51. The minimum Gasteiger partial charge on any atom is -0.456 e. The third-order valence-electron chi connectivity index (χ3n) is 7.07. The highest BCUT2D eigenvalue weighted by molar-refractivity contribution is 6.04. The fraction of sp³-hybridized carbons (Fsp3) is 0. The van der Waals surface area contributed by atoms with Gasteiger partial charge in [-0.15, -0.1) is 0 Å². The molecular weight excluding hydrogens is 500 g/mol. The summed E-state index contributed by atoms with van der Waals surface area (Å²) in [7, 11) is 0. The first-order valence-corrected chi connectivity index (χ1v) is 12.9. The zero-order valence-corrected chi connectivity index (χ0v) is 21.4. The van der Waals surface area contributed by atoms with Crippen LogP contribution in [0.3, 0.4) is 0 Å². The van der Waals surface area contributed by atoms with Gasteiger partial charge in [0.1, 0.15) is 11.5 Å². The maximum absolute atomic E-state index is 8.65. The van der Waals surface area contributed by atoms with E-state index < -0.39 is 48.3 Å². The Morgan fingerprint density at radius 3 is 1.88 bits per heavy atom. The maximum atomic E-state index is 8.65. The number of rotatable bonds is 4. The van der Waals surface area contributed by atoms with E-state index in [1.807, 2.05) is 54.6 Å². The minimum atomic E-state index is -0.530. The predicted molar refractivity (Wildman–Crippen MR) is 167 cm³/mol. The number of hydrogen-bond acceptors (Lipinski definition) is 3. The van der Waals surface area contributed by atoms with Crippen molar-refractivity contribution in [3.05, 3.63) is 145 Å². The Labute approximate surface area is 252 Å². The Morgan fingerprint density at radius 1 is 0.488 bits per heavy atom. The van der Waals surface area contributed by atoms with Crippen LogP contribution in [0.1, 0.15) is 13.7 Å². The molecule has 0 saturated heterocycles. The number of benzene rings is 6. The van der Waals surface area contributed by atoms with Gasteiger partial charge in [-0.2, -0.15) is 0 Å². The Hall–Kier alpha value is -5.54. The average Bonchev–Trinajstić information content (AvgIpc) is 3.15. The van der Waals surface area contributed by atoms with Crippen LogP contribution in [0, 0.1) is 0 Å². The zero-order chi connectivity index (χ0) is 35.9. The molecule has 0 unspecified atom stereocenters. The van der Waals surface area contributed by atoms with Crippen molar-refractivity contribution in [1.29, 1.82) is 0 Å². The summed E-state index contributed by atoms with van der Waals surface area (Å²) in [5, 5.41) is 2.01. The molecule has 0 N–H and O–H groups in total. The van der Waals surface area contributed by atoms with E-state index >= 15 is 0 Å². The third-order valence-corrected chi connectivity index (χ3v) is 7.07. The number of fused-ring (bicyclic) bond motifs is 2. The molecule has 0 bridgehead atoms. The molecule has 0 spiro atoms. The first-order chi connectivity index (χ1) is 24.4. The van der Waals surface area contributed by atoms with Crippen molar-refractivity contribution >= 4 is 10.8 Å². The highest BCUT2D eigenvalue weighted by Gasteiger charge is 2.21. The zero-order valence-electron chi connectivity index (χ0n) is 31.4. The van der Waals surface area contributed by atoms with Gasteiger partial charge >= 0.3 is 0 Å². The number of nitrogens with zero attached hydrogens (tertiary/aromatic N) is 2. The summed E-state index contributed by atoms with van der Waals surface area (Å²) in [5.41, 5.74) is 4.15. The van der Waals surface area contributed by atoms with Crippen molar-refractivity contribution in [3.8, 4) is 67.7 Å².